The topological polar surface area (TPSA) is 151 Å². The molecule has 2 unspecified atom stereocenters. The van der Waals surface area contributed by atoms with E-state index in [0.29, 0.717) is 60.2 Å². The van der Waals surface area contributed by atoms with Gasteiger partial charge < -0.3 is 20.4 Å². The Morgan fingerprint density at radius 3 is 2.44 bits per heavy atom. The summed E-state index contributed by atoms with van der Waals surface area (Å²) in [6, 6.07) is 18.5. The normalized spacial score (nSPS) is 17.7. The van der Waals surface area contributed by atoms with Crippen molar-refractivity contribution in [3.63, 3.8) is 0 Å². The third-order valence-corrected chi connectivity index (χ3v) is 11.8. The molecule has 3 heterocycles. The Balaban J connectivity index is 0.912. The number of benzene rings is 2. The highest BCUT2D eigenvalue weighted by molar-refractivity contribution is 8.76. The van der Waals surface area contributed by atoms with Crippen molar-refractivity contribution >= 4 is 56.4 Å². The van der Waals surface area contributed by atoms with Crippen LogP contribution in [0.25, 0.3) is 0 Å². The van der Waals surface area contributed by atoms with Crippen LogP contribution in [0.5, 0.6) is 0 Å². The highest BCUT2D eigenvalue weighted by Crippen LogP contribution is 2.64. The molecule has 2 N–H and O–H groups in total. The Bertz CT molecular complexity index is 1930. The molecule has 270 valence electrons. The fourth-order valence-corrected chi connectivity index (χ4v) is 8.37. The molecule has 3 amide bonds. The Labute approximate surface area is 308 Å². The van der Waals surface area contributed by atoms with Gasteiger partial charge in [-0.15, -0.1) is 0 Å². The van der Waals surface area contributed by atoms with Crippen molar-refractivity contribution in [2.75, 3.05) is 42.1 Å². The average Bonchev–Trinajstić information content (AvgIpc) is 3.75. The van der Waals surface area contributed by atoms with E-state index in [9.17, 15) is 24.5 Å². The molecule has 0 bridgehead atoms. The minimum absolute atomic E-state index is 0.0134. The average molecular weight is 744 g/mol. The molecule has 1 saturated heterocycles. The molecule has 12 nitrogen and oxygen atoms in total. The largest absolute Gasteiger partial charge is 0.368 e. The van der Waals surface area contributed by atoms with Crippen molar-refractivity contribution in [2.45, 2.75) is 37.8 Å². The molecule has 2 aromatic carbocycles. The molecule has 0 radical (unpaired) electrons. The summed E-state index contributed by atoms with van der Waals surface area (Å²) in [5.41, 5.74) is 2.76. The van der Waals surface area contributed by atoms with Crippen LogP contribution in [0.4, 0.5) is 21.5 Å². The number of carbonyl (C=O) groups is 3. The highest BCUT2D eigenvalue weighted by Gasteiger charge is 2.62. The lowest BCUT2D eigenvalue weighted by molar-refractivity contribution is -0.385. The first-order chi connectivity index (χ1) is 25.0. The van der Waals surface area contributed by atoms with Gasteiger partial charge in [-0.3, -0.25) is 29.5 Å². The Hall–Kier alpha value is -5.02. The van der Waals surface area contributed by atoms with E-state index >= 15 is 4.39 Å². The molecule has 2 aliphatic rings. The van der Waals surface area contributed by atoms with Crippen LogP contribution in [0.15, 0.2) is 90.3 Å². The first-order valence-corrected chi connectivity index (χ1v) is 19.1. The molecular formula is C37H38FN7O5S2. The lowest BCUT2D eigenvalue weighted by atomic mass is 10.1. The van der Waals surface area contributed by atoms with Crippen LogP contribution >= 0.6 is 21.6 Å². The number of amides is 3. The summed E-state index contributed by atoms with van der Waals surface area (Å²) >= 11 is 0. The van der Waals surface area contributed by atoms with E-state index < -0.39 is 10.7 Å². The van der Waals surface area contributed by atoms with Gasteiger partial charge in [-0.05, 0) is 70.3 Å². The number of pyridine rings is 2. The number of rotatable bonds is 13. The van der Waals surface area contributed by atoms with Gasteiger partial charge in [-0.2, -0.15) is 0 Å². The van der Waals surface area contributed by atoms with Crippen LogP contribution in [-0.4, -0.2) is 69.4 Å². The summed E-state index contributed by atoms with van der Waals surface area (Å²) in [5, 5.41) is 17.0. The second kappa shape index (κ2) is 16.1. The number of carbonyl (C=O) groups excluding carboxylic acids is 3. The summed E-state index contributed by atoms with van der Waals surface area (Å²) in [7, 11) is 2.86. The smallest absolute Gasteiger partial charge is 0.287 e. The zero-order chi connectivity index (χ0) is 36.8. The van der Waals surface area contributed by atoms with Gasteiger partial charge in [0.1, 0.15) is 17.0 Å². The van der Waals surface area contributed by atoms with Gasteiger partial charge in [-0.1, -0.05) is 36.8 Å². The van der Waals surface area contributed by atoms with E-state index in [2.05, 4.69) is 25.5 Å². The molecule has 1 aliphatic heterocycles. The van der Waals surface area contributed by atoms with E-state index in [0.717, 1.165) is 11.3 Å². The SMILES string of the molecule is CC1(C)C(C(=O)Nc2ccc(CNC(=O)c3ccc(N4CCN(C(=O)CCSSc5ccc([N+](=O)[O-])cn5)CC4)cc3)c(F)c2)C1c1cccnc1. The minimum Gasteiger partial charge on any atom is -0.368 e. The van der Waals surface area contributed by atoms with Crippen molar-refractivity contribution in [2.24, 2.45) is 11.3 Å². The number of aromatic nitrogens is 2. The lowest BCUT2D eigenvalue weighted by Crippen LogP contribution is -2.48. The van der Waals surface area contributed by atoms with E-state index in [-0.39, 0.29) is 47.2 Å². The van der Waals surface area contributed by atoms with Gasteiger partial charge >= 0.3 is 0 Å². The standard InChI is InChI=1S/C37H38FN7O5S2/c1-37(2)33(26-4-3-14-39-21-26)34(37)36(48)42-27-8-5-25(30(38)20-27)22-41-35(47)24-6-9-28(10-7-24)43-15-17-44(18-16-43)32(46)13-19-51-52-31-12-11-29(23-40-31)45(49)50/h3-12,14,20-21,23,33-34H,13,15-19,22H2,1-2H3,(H,41,47)(H,42,48). The van der Waals surface area contributed by atoms with Crippen LogP contribution in [0, 0.1) is 27.3 Å². The molecule has 52 heavy (non-hydrogen) atoms. The van der Waals surface area contributed by atoms with Crippen molar-refractivity contribution in [1.29, 1.82) is 0 Å². The van der Waals surface area contributed by atoms with Crippen molar-refractivity contribution in [1.82, 2.24) is 20.2 Å². The van der Waals surface area contributed by atoms with Gasteiger partial charge in [0.2, 0.25) is 11.8 Å². The zero-order valence-electron chi connectivity index (χ0n) is 28.7. The maximum atomic E-state index is 15.0. The fourth-order valence-electron chi connectivity index (χ4n) is 6.53. The Morgan fingerprint density at radius 2 is 1.79 bits per heavy atom. The minimum atomic E-state index is -0.526. The van der Waals surface area contributed by atoms with Crippen molar-refractivity contribution < 1.29 is 23.7 Å². The molecule has 1 aliphatic carbocycles. The van der Waals surface area contributed by atoms with Gasteiger partial charge in [-0.25, -0.2) is 9.37 Å². The summed E-state index contributed by atoms with van der Waals surface area (Å²) in [6.45, 7) is 6.55. The summed E-state index contributed by atoms with van der Waals surface area (Å²) in [6.07, 6.45) is 5.08. The molecule has 6 rings (SSSR count). The molecule has 1 saturated carbocycles. The third-order valence-electron chi connectivity index (χ3n) is 9.52. The van der Waals surface area contributed by atoms with Crippen molar-refractivity contribution in [3.05, 3.63) is 118 Å². The van der Waals surface area contributed by atoms with E-state index in [1.807, 2.05) is 43.0 Å². The Kier molecular flexibility index (Phi) is 11.4. The van der Waals surface area contributed by atoms with Gasteiger partial charge in [0.25, 0.3) is 11.6 Å². The molecule has 2 aromatic heterocycles. The predicted molar refractivity (Wildman–Crippen MR) is 200 cm³/mol. The molecule has 15 heteroatoms. The maximum absolute atomic E-state index is 15.0. The number of hydrogen-bond donors (Lipinski definition) is 2. The van der Waals surface area contributed by atoms with Crippen LogP contribution in [0.3, 0.4) is 0 Å². The fraction of sp³-hybridized carbons (Fsp3) is 0.324. The first-order valence-electron chi connectivity index (χ1n) is 16.8. The first kappa shape index (κ1) is 36.8. The van der Waals surface area contributed by atoms with Gasteiger partial charge in [0, 0.05) is 91.8 Å². The second-order valence-corrected chi connectivity index (χ2v) is 15.7. The van der Waals surface area contributed by atoms with Gasteiger partial charge in [0.15, 0.2) is 0 Å². The molecule has 0 spiro atoms. The Morgan fingerprint density at radius 1 is 1.02 bits per heavy atom. The van der Waals surface area contributed by atoms with E-state index in [1.165, 1.54) is 39.9 Å². The number of nitro groups is 1. The van der Waals surface area contributed by atoms with Crippen LogP contribution in [0.1, 0.15) is 47.7 Å². The third kappa shape index (κ3) is 8.70. The van der Waals surface area contributed by atoms with Crippen LogP contribution in [-0.2, 0) is 16.1 Å². The van der Waals surface area contributed by atoms with Crippen LogP contribution in [0.2, 0.25) is 0 Å². The van der Waals surface area contributed by atoms with E-state index in [1.54, 1.807) is 42.7 Å². The number of anilines is 2. The molecule has 2 fully saturated rings. The summed E-state index contributed by atoms with van der Waals surface area (Å²) < 4.78 is 15.0. The number of piperazine rings is 1. The van der Waals surface area contributed by atoms with Crippen molar-refractivity contribution in [3.8, 4) is 0 Å². The summed E-state index contributed by atoms with van der Waals surface area (Å²) in [5.74, 6) is -0.570. The van der Waals surface area contributed by atoms with Gasteiger partial charge in [0.05, 0.1) is 10.8 Å². The van der Waals surface area contributed by atoms with E-state index in [4.69, 9.17) is 0 Å². The molecule has 4 aromatic rings. The molecule has 2 atom stereocenters. The zero-order valence-corrected chi connectivity index (χ0v) is 30.3. The quantitative estimate of drug-likeness (QED) is 0.0690. The lowest BCUT2D eigenvalue weighted by Gasteiger charge is -2.36. The monoisotopic (exact) mass is 743 g/mol. The number of hydrogen-bond acceptors (Lipinski definition) is 10. The number of nitrogens with one attached hydrogen (secondary N) is 2. The number of nitrogens with zero attached hydrogens (tertiary/aromatic N) is 5. The maximum Gasteiger partial charge on any atom is 0.287 e. The summed E-state index contributed by atoms with van der Waals surface area (Å²) in [4.78, 5) is 61.2. The van der Waals surface area contributed by atoms with Crippen LogP contribution < -0.4 is 15.5 Å². The second-order valence-electron chi connectivity index (χ2n) is 13.2. The predicted octanol–water partition coefficient (Wildman–Crippen LogP) is 6.31. The molecular weight excluding hydrogens is 706 g/mol. The highest BCUT2D eigenvalue weighted by atomic mass is 33.1. The number of halogens is 1.